The first-order valence-corrected chi connectivity index (χ1v) is 10.5. The number of hydrogen-bond acceptors (Lipinski definition) is 3. The lowest BCUT2D eigenvalue weighted by molar-refractivity contribution is -0.131. The van der Waals surface area contributed by atoms with E-state index in [2.05, 4.69) is 26.8 Å². The first-order valence-electron chi connectivity index (χ1n) is 9.64. The number of Topliss-reactive ketones (excluding diaryl/α,β-unsaturated/α-hetero) is 1. The van der Waals surface area contributed by atoms with Crippen molar-refractivity contribution in [2.45, 2.75) is 65.7 Å². The van der Waals surface area contributed by atoms with Gasteiger partial charge in [-0.1, -0.05) is 19.9 Å². The van der Waals surface area contributed by atoms with E-state index >= 15 is 0 Å². The molecule has 0 spiro atoms. The van der Waals surface area contributed by atoms with Gasteiger partial charge in [-0.2, -0.15) is 0 Å². The molecule has 1 heterocycles. The van der Waals surface area contributed by atoms with Gasteiger partial charge in [-0.05, 0) is 74.2 Å². The minimum atomic E-state index is -0.0140. The number of aryl methyl sites for hydroxylation is 2. The monoisotopic (exact) mass is 341 g/mol. The van der Waals surface area contributed by atoms with E-state index in [9.17, 15) is 4.79 Å². The molecule has 24 heavy (non-hydrogen) atoms. The van der Waals surface area contributed by atoms with E-state index in [-0.39, 0.29) is 10.8 Å². The summed E-state index contributed by atoms with van der Waals surface area (Å²) in [5.41, 5.74) is 3.13. The van der Waals surface area contributed by atoms with Crippen LogP contribution in [0, 0.1) is 35.5 Å². The van der Waals surface area contributed by atoms with Crippen LogP contribution in [-0.4, -0.2) is 10.8 Å². The van der Waals surface area contributed by atoms with Crippen LogP contribution in [-0.2, 0) is 11.2 Å². The van der Waals surface area contributed by atoms with Gasteiger partial charge in [-0.15, -0.1) is 11.3 Å². The van der Waals surface area contributed by atoms with Crippen molar-refractivity contribution >= 4 is 22.7 Å². The van der Waals surface area contributed by atoms with Crippen LogP contribution in [0.5, 0.6) is 0 Å². The molecule has 4 aliphatic rings. The second-order valence-electron chi connectivity index (χ2n) is 9.07. The van der Waals surface area contributed by atoms with Crippen molar-refractivity contribution in [2.75, 3.05) is 0 Å². The Morgan fingerprint density at radius 1 is 1.12 bits per heavy atom. The average molecular weight is 342 g/mol. The summed E-state index contributed by atoms with van der Waals surface area (Å²) in [4.78, 5) is 18.9. The minimum Gasteiger partial charge on any atom is -0.299 e. The maximum Gasteiger partial charge on any atom is 0.139 e. The fourth-order valence-electron chi connectivity index (χ4n) is 6.77. The molecule has 4 aliphatic carbocycles. The zero-order valence-corrected chi connectivity index (χ0v) is 15.8. The molecule has 0 bridgehead atoms. The van der Waals surface area contributed by atoms with E-state index < -0.39 is 0 Å². The number of carbonyl (C=O) groups excluding carboxylic acids is 1. The largest absolute Gasteiger partial charge is 0.299 e. The Morgan fingerprint density at radius 2 is 1.92 bits per heavy atom. The van der Waals surface area contributed by atoms with Crippen molar-refractivity contribution in [3.63, 3.8) is 0 Å². The number of hydrogen-bond donors (Lipinski definition) is 0. The van der Waals surface area contributed by atoms with E-state index in [1.807, 2.05) is 11.3 Å². The van der Waals surface area contributed by atoms with Crippen molar-refractivity contribution in [1.29, 1.82) is 0 Å². The van der Waals surface area contributed by atoms with Gasteiger partial charge in [0.05, 0.1) is 10.7 Å². The quantitative estimate of drug-likeness (QED) is 0.649. The molecular formula is C21H27NOS. The number of carbonyl (C=O) groups is 1. The summed E-state index contributed by atoms with van der Waals surface area (Å²) in [6.07, 6.45) is 10.5. The zero-order chi connectivity index (χ0) is 16.7. The third-order valence-electron chi connectivity index (χ3n) is 8.10. The van der Waals surface area contributed by atoms with Gasteiger partial charge in [0.25, 0.3) is 0 Å². The van der Waals surface area contributed by atoms with Crippen molar-refractivity contribution < 1.29 is 4.79 Å². The smallest absolute Gasteiger partial charge is 0.139 e. The van der Waals surface area contributed by atoms with Gasteiger partial charge in [0.1, 0.15) is 5.78 Å². The van der Waals surface area contributed by atoms with Gasteiger partial charge < -0.3 is 0 Å². The maximum atomic E-state index is 12.5. The summed E-state index contributed by atoms with van der Waals surface area (Å²) < 4.78 is 0. The Bertz CT molecular complexity index is 762. The van der Waals surface area contributed by atoms with Crippen LogP contribution >= 0.6 is 11.3 Å². The SMILES string of the molecule is Cc1nc2c(s1)CC[C@@]1(C)C2=CC[C@@H]2[C@@H]1CC[C@]1(C)C(=O)CC[C@@H]21. The molecule has 2 fully saturated rings. The minimum absolute atomic E-state index is 0.0140. The topological polar surface area (TPSA) is 30.0 Å². The number of nitrogens with zero attached hydrogens (tertiary/aromatic N) is 1. The number of aromatic nitrogens is 1. The van der Waals surface area contributed by atoms with Crippen LogP contribution in [0.4, 0.5) is 0 Å². The zero-order valence-electron chi connectivity index (χ0n) is 15.0. The first kappa shape index (κ1) is 15.3. The fourth-order valence-corrected chi connectivity index (χ4v) is 7.72. The molecule has 5 rings (SSSR count). The van der Waals surface area contributed by atoms with E-state index in [1.165, 1.54) is 41.3 Å². The summed E-state index contributed by atoms with van der Waals surface area (Å²) in [5, 5.41) is 1.21. The Hall–Kier alpha value is -0.960. The average Bonchev–Trinajstić information content (AvgIpc) is 3.06. The van der Waals surface area contributed by atoms with E-state index in [1.54, 1.807) is 5.57 Å². The number of allylic oxidation sites excluding steroid dienone is 2. The van der Waals surface area contributed by atoms with E-state index in [0.29, 0.717) is 17.6 Å². The van der Waals surface area contributed by atoms with Crippen LogP contribution in [0.2, 0.25) is 0 Å². The Balaban J connectivity index is 1.58. The summed E-state index contributed by atoms with van der Waals surface area (Å²) in [7, 11) is 0. The van der Waals surface area contributed by atoms with Crippen molar-refractivity contribution in [3.05, 3.63) is 21.7 Å². The highest BCUT2D eigenvalue weighted by Crippen LogP contribution is 2.65. The van der Waals surface area contributed by atoms with Crippen LogP contribution < -0.4 is 0 Å². The summed E-state index contributed by atoms with van der Waals surface area (Å²) in [6.45, 7) is 6.92. The van der Waals surface area contributed by atoms with Crippen molar-refractivity contribution in [2.24, 2.45) is 28.6 Å². The lowest BCUT2D eigenvalue weighted by Crippen LogP contribution is -2.49. The lowest BCUT2D eigenvalue weighted by atomic mass is 9.48. The molecule has 2 nitrogen and oxygen atoms in total. The molecule has 0 amide bonds. The van der Waals surface area contributed by atoms with Crippen molar-refractivity contribution in [1.82, 2.24) is 4.98 Å². The summed E-state index contributed by atoms with van der Waals surface area (Å²) in [5.74, 6) is 2.63. The molecular weight excluding hydrogens is 314 g/mol. The molecule has 1 aromatic heterocycles. The van der Waals surface area contributed by atoms with Crippen LogP contribution in [0.25, 0.3) is 5.57 Å². The molecule has 128 valence electrons. The van der Waals surface area contributed by atoms with Crippen molar-refractivity contribution in [3.8, 4) is 0 Å². The predicted octanol–water partition coefficient (Wildman–Crippen LogP) is 5.20. The highest BCUT2D eigenvalue weighted by molar-refractivity contribution is 7.11. The van der Waals surface area contributed by atoms with Gasteiger partial charge in [0, 0.05) is 16.7 Å². The van der Waals surface area contributed by atoms with E-state index in [4.69, 9.17) is 4.98 Å². The third-order valence-corrected chi connectivity index (χ3v) is 9.14. The Kier molecular flexibility index (Phi) is 3.07. The van der Waals surface area contributed by atoms with Crippen LogP contribution in [0.3, 0.4) is 0 Å². The normalized spacial score (nSPS) is 43.5. The second kappa shape index (κ2) is 4.81. The standard InChI is InChI=1S/C21H27NOS/c1-12-22-19-16-5-4-13-14-6-7-18(23)21(14,3)10-8-15(13)20(16,2)11-9-17(19)24-12/h5,13-15H,4,6-11H2,1-3H3/t13-,14-,15-,20+,21-/m0/s1. The highest BCUT2D eigenvalue weighted by atomic mass is 32.1. The molecule has 0 radical (unpaired) electrons. The number of fused-ring (bicyclic) bond motifs is 7. The molecule has 3 heteroatoms. The fraction of sp³-hybridized carbons (Fsp3) is 0.714. The summed E-state index contributed by atoms with van der Waals surface area (Å²) in [6, 6.07) is 0. The highest BCUT2D eigenvalue weighted by Gasteiger charge is 2.58. The number of thiazole rings is 1. The molecule has 0 saturated heterocycles. The Labute approximate surface area is 148 Å². The van der Waals surface area contributed by atoms with Crippen LogP contribution in [0.15, 0.2) is 6.08 Å². The first-order chi connectivity index (χ1) is 11.4. The number of ketones is 1. The molecule has 5 atom stereocenters. The van der Waals surface area contributed by atoms with Gasteiger partial charge in [-0.25, -0.2) is 4.98 Å². The summed E-state index contributed by atoms with van der Waals surface area (Å²) >= 11 is 1.89. The molecule has 2 saturated carbocycles. The van der Waals surface area contributed by atoms with Gasteiger partial charge >= 0.3 is 0 Å². The molecule has 0 unspecified atom stereocenters. The van der Waals surface area contributed by atoms with Gasteiger partial charge in [0.15, 0.2) is 0 Å². The molecule has 1 aromatic rings. The molecule has 0 aliphatic heterocycles. The van der Waals surface area contributed by atoms with Crippen LogP contribution in [0.1, 0.15) is 68.0 Å². The Morgan fingerprint density at radius 3 is 2.75 bits per heavy atom. The third kappa shape index (κ3) is 1.77. The van der Waals surface area contributed by atoms with Gasteiger partial charge in [0.2, 0.25) is 0 Å². The lowest BCUT2D eigenvalue weighted by Gasteiger charge is -2.55. The number of rotatable bonds is 0. The molecule has 0 aromatic carbocycles. The molecule has 0 N–H and O–H groups in total. The maximum absolute atomic E-state index is 12.5. The second-order valence-corrected chi connectivity index (χ2v) is 10.4. The van der Waals surface area contributed by atoms with E-state index in [0.717, 1.165) is 25.2 Å². The van der Waals surface area contributed by atoms with Gasteiger partial charge in [-0.3, -0.25) is 4.79 Å². The predicted molar refractivity (Wildman–Crippen MR) is 97.9 cm³/mol.